The van der Waals surface area contributed by atoms with Crippen LogP contribution in [-0.2, 0) is 20.4 Å². The maximum atomic E-state index is 14.0. The molecule has 1 aliphatic heterocycles. The molecular weight excluding hydrogens is 448 g/mol. The van der Waals surface area contributed by atoms with Gasteiger partial charge < -0.3 is 9.47 Å². The summed E-state index contributed by atoms with van der Waals surface area (Å²) < 4.78 is 66.2. The fourth-order valence-corrected chi connectivity index (χ4v) is 4.92. The number of unbranched alkanes of at least 4 members (excludes halogenated alkanes) is 1. The lowest BCUT2D eigenvalue weighted by Gasteiger charge is -2.42. The minimum absolute atomic E-state index is 0.0114. The summed E-state index contributed by atoms with van der Waals surface area (Å²) in [6, 6.07) is 3.73. The predicted octanol–water partition coefficient (Wildman–Crippen LogP) is 7.65. The molecule has 0 radical (unpaired) electrons. The number of alkyl halides is 3. The summed E-state index contributed by atoms with van der Waals surface area (Å²) in [4.78, 5) is 12.0. The second-order valence-electron chi connectivity index (χ2n) is 9.50. The predicted molar refractivity (Wildman–Crippen MR) is 123 cm³/mol. The first-order chi connectivity index (χ1) is 16.1. The highest BCUT2D eigenvalue weighted by Crippen LogP contribution is 2.46. The van der Waals surface area contributed by atoms with E-state index in [1.54, 1.807) is 13.0 Å². The van der Waals surface area contributed by atoms with Crippen molar-refractivity contribution >= 4 is 5.97 Å². The van der Waals surface area contributed by atoms with E-state index in [0.717, 1.165) is 18.9 Å². The van der Waals surface area contributed by atoms with Crippen LogP contribution in [0.1, 0.15) is 75.2 Å². The number of carbonyl (C=O) groups is 1. The Morgan fingerprint density at radius 1 is 1.26 bits per heavy atom. The van der Waals surface area contributed by atoms with Crippen LogP contribution in [0.2, 0.25) is 0 Å². The standard InChI is InChI=1S/C27H34F4O3/c1-4-5-9-25(32)33-16-22-12-13-23(18(3)19-7-6-8-21(28)14-19)26(34-22)24-15-20(27(29,30)31)11-10-17(24)2/h6-8,10-11,15,18-19,22-23,26H,4-5,9,12-14,16H2,1-3H3/t18-,19?,22+,23-,26-/m0/s1. The SMILES string of the molecule is CCCCC(=O)OC[C@H]1CC[C@@H]([C@@H](C)C2C=CC=C(F)C2)[C@@H](c2cc(C(F)(F)F)ccc2C)O1. The molecule has 188 valence electrons. The van der Waals surface area contributed by atoms with Crippen LogP contribution in [0.4, 0.5) is 17.6 Å². The Balaban J connectivity index is 1.84. The molecule has 1 fully saturated rings. The van der Waals surface area contributed by atoms with E-state index in [1.165, 1.54) is 18.2 Å². The Bertz CT molecular complexity index is 906. The number of aryl methyl sites for hydroxylation is 1. The number of halogens is 4. The topological polar surface area (TPSA) is 35.5 Å². The lowest BCUT2D eigenvalue weighted by molar-refractivity contribution is -0.159. The van der Waals surface area contributed by atoms with Crippen molar-refractivity contribution in [2.24, 2.45) is 17.8 Å². The number of hydrogen-bond donors (Lipinski definition) is 0. The molecule has 34 heavy (non-hydrogen) atoms. The summed E-state index contributed by atoms with van der Waals surface area (Å²) in [6.07, 6.45) is 3.20. The van der Waals surface area contributed by atoms with Gasteiger partial charge in [0.1, 0.15) is 12.4 Å². The molecule has 3 rings (SSSR count). The van der Waals surface area contributed by atoms with Crippen LogP contribution in [0.15, 0.2) is 42.3 Å². The first kappa shape index (κ1) is 26.5. The third-order valence-electron chi connectivity index (χ3n) is 7.04. The second-order valence-corrected chi connectivity index (χ2v) is 9.50. The molecule has 0 N–H and O–H groups in total. The van der Waals surface area contributed by atoms with E-state index < -0.39 is 23.9 Å². The average Bonchev–Trinajstić information content (AvgIpc) is 2.80. The summed E-state index contributed by atoms with van der Waals surface area (Å²) >= 11 is 0. The third kappa shape index (κ3) is 6.71. The molecule has 1 unspecified atom stereocenters. The van der Waals surface area contributed by atoms with Crippen LogP contribution in [0.5, 0.6) is 0 Å². The Morgan fingerprint density at radius 2 is 2.03 bits per heavy atom. The highest BCUT2D eigenvalue weighted by Gasteiger charge is 2.40. The van der Waals surface area contributed by atoms with Crippen LogP contribution in [0.25, 0.3) is 0 Å². The molecule has 5 atom stereocenters. The number of benzene rings is 1. The Hall–Kier alpha value is -2.15. The van der Waals surface area contributed by atoms with E-state index in [1.807, 2.05) is 19.9 Å². The molecule has 1 aliphatic carbocycles. The van der Waals surface area contributed by atoms with Crippen LogP contribution < -0.4 is 0 Å². The van der Waals surface area contributed by atoms with Crippen molar-refractivity contribution in [2.45, 2.75) is 77.7 Å². The van der Waals surface area contributed by atoms with Crippen LogP contribution in [-0.4, -0.2) is 18.7 Å². The number of rotatable bonds is 8. The minimum Gasteiger partial charge on any atom is -0.463 e. The molecule has 1 saturated heterocycles. The van der Waals surface area contributed by atoms with Gasteiger partial charge in [0.2, 0.25) is 0 Å². The Kier molecular flexibility index (Phi) is 8.96. The zero-order chi connectivity index (χ0) is 24.9. The summed E-state index contributed by atoms with van der Waals surface area (Å²) in [5.41, 5.74) is 0.480. The molecule has 2 aliphatic rings. The first-order valence-corrected chi connectivity index (χ1v) is 12.1. The van der Waals surface area contributed by atoms with Crippen molar-refractivity contribution in [3.8, 4) is 0 Å². The molecule has 1 heterocycles. The number of carbonyl (C=O) groups excluding carboxylic acids is 1. The number of ether oxygens (including phenoxy) is 2. The van der Waals surface area contributed by atoms with Gasteiger partial charge in [0.05, 0.1) is 17.8 Å². The van der Waals surface area contributed by atoms with Gasteiger partial charge in [-0.05, 0) is 73.3 Å². The summed E-state index contributed by atoms with van der Waals surface area (Å²) in [6.45, 7) is 5.86. The van der Waals surface area contributed by atoms with Crippen molar-refractivity contribution < 1.29 is 31.8 Å². The minimum atomic E-state index is -4.47. The molecule has 0 spiro atoms. The molecule has 3 nitrogen and oxygen atoms in total. The van der Waals surface area contributed by atoms with E-state index >= 15 is 0 Å². The highest BCUT2D eigenvalue weighted by atomic mass is 19.4. The van der Waals surface area contributed by atoms with Crippen LogP contribution in [0, 0.1) is 24.7 Å². The summed E-state index contributed by atoms with van der Waals surface area (Å²) in [7, 11) is 0. The van der Waals surface area contributed by atoms with Crippen molar-refractivity contribution in [2.75, 3.05) is 6.61 Å². The van der Waals surface area contributed by atoms with E-state index in [4.69, 9.17) is 9.47 Å². The molecule has 0 saturated carbocycles. The zero-order valence-electron chi connectivity index (χ0n) is 20.0. The molecule has 1 aromatic rings. The van der Waals surface area contributed by atoms with Gasteiger partial charge in [-0.3, -0.25) is 4.79 Å². The van der Waals surface area contributed by atoms with E-state index in [2.05, 4.69) is 0 Å². The van der Waals surface area contributed by atoms with E-state index in [9.17, 15) is 22.4 Å². The Labute approximate surface area is 199 Å². The molecule has 1 aromatic carbocycles. The largest absolute Gasteiger partial charge is 0.463 e. The monoisotopic (exact) mass is 482 g/mol. The van der Waals surface area contributed by atoms with Gasteiger partial charge in [0.15, 0.2) is 0 Å². The molecule has 0 aromatic heterocycles. The Morgan fingerprint density at radius 3 is 2.71 bits per heavy atom. The lowest BCUT2D eigenvalue weighted by atomic mass is 9.71. The normalized spacial score (nSPS) is 26.1. The second kappa shape index (κ2) is 11.5. The number of hydrogen-bond acceptors (Lipinski definition) is 3. The summed E-state index contributed by atoms with van der Waals surface area (Å²) in [5.74, 6) is -0.657. The van der Waals surface area contributed by atoms with Gasteiger partial charge in [0, 0.05) is 12.8 Å². The van der Waals surface area contributed by atoms with Crippen LogP contribution in [0.3, 0.4) is 0 Å². The van der Waals surface area contributed by atoms with Crippen molar-refractivity contribution in [3.63, 3.8) is 0 Å². The number of esters is 1. The maximum Gasteiger partial charge on any atom is 0.416 e. The molecule has 7 heteroatoms. The van der Waals surface area contributed by atoms with Gasteiger partial charge in [-0.15, -0.1) is 0 Å². The fourth-order valence-electron chi connectivity index (χ4n) is 4.92. The van der Waals surface area contributed by atoms with Gasteiger partial charge in [-0.2, -0.15) is 13.2 Å². The quantitative estimate of drug-likeness (QED) is 0.282. The van der Waals surface area contributed by atoms with E-state index in [-0.39, 0.29) is 42.6 Å². The zero-order valence-corrected chi connectivity index (χ0v) is 20.0. The molecule has 0 bridgehead atoms. The van der Waals surface area contributed by atoms with Gasteiger partial charge in [0.25, 0.3) is 0 Å². The van der Waals surface area contributed by atoms with Gasteiger partial charge >= 0.3 is 12.1 Å². The number of allylic oxidation sites excluding steroid dienone is 4. The van der Waals surface area contributed by atoms with E-state index in [0.29, 0.717) is 30.4 Å². The maximum absolute atomic E-state index is 14.0. The highest BCUT2D eigenvalue weighted by molar-refractivity contribution is 5.69. The summed E-state index contributed by atoms with van der Waals surface area (Å²) in [5, 5.41) is 0. The third-order valence-corrected chi connectivity index (χ3v) is 7.04. The van der Waals surface area contributed by atoms with Gasteiger partial charge in [-0.25, -0.2) is 4.39 Å². The fraction of sp³-hybridized carbons (Fsp3) is 0.593. The van der Waals surface area contributed by atoms with Gasteiger partial charge in [-0.1, -0.05) is 38.5 Å². The first-order valence-electron chi connectivity index (χ1n) is 12.1. The van der Waals surface area contributed by atoms with Crippen molar-refractivity contribution in [1.29, 1.82) is 0 Å². The van der Waals surface area contributed by atoms with Crippen molar-refractivity contribution in [3.05, 3.63) is 58.9 Å². The van der Waals surface area contributed by atoms with Crippen molar-refractivity contribution in [1.82, 2.24) is 0 Å². The lowest BCUT2D eigenvalue weighted by Crippen LogP contribution is -2.37. The molecule has 0 amide bonds. The smallest absolute Gasteiger partial charge is 0.416 e. The average molecular weight is 483 g/mol. The molecular formula is C27H34F4O3. The van der Waals surface area contributed by atoms with Crippen LogP contribution >= 0.6 is 0 Å².